The molecule has 0 aliphatic carbocycles. The van der Waals surface area contributed by atoms with Gasteiger partial charge in [0.2, 0.25) is 0 Å². The highest BCUT2D eigenvalue weighted by Crippen LogP contribution is 2.31. The van der Waals surface area contributed by atoms with Crippen LogP contribution in [-0.4, -0.2) is 21.2 Å². The minimum absolute atomic E-state index is 0.233. The van der Waals surface area contributed by atoms with E-state index in [4.69, 9.17) is 0 Å². The monoisotopic (exact) mass is 257 g/mol. The molecule has 0 saturated carbocycles. The highest BCUT2D eigenvalue weighted by Gasteiger charge is 2.31. The van der Waals surface area contributed by atoms with E-state index >= 15 is 0 Å². The molecule has 1 fully saturated rings. The first-order valence-electron chi connectivity index (χ1n) is 5.58. The van der Waals surface area contributed by atoms with Crippen LogP contribution >= 0.6 is 0 Å². The van der Waals surface area contributed by atoms with Gasteiger partial charge in [0.15, 0.2) is 9.84 Å². The number of hydrogen-bond acceptors (Lipinski definition) is 3. The molecule has 1 N–H and O–H groups in total. The number of rotatable bonds is 2. The highest BCUT2D eigenvalue weighted by atomic mass is 32.2. The lowest BCUT2D eigenvalue weighted by molar-refractivity contribution is 0.430. The third-order valence-corrected chi connectivity index (χ3v) is 4.47. The predicted molar refractivity (Wildman–Crippen MR) is 64.1 cm³/mol. The smallest absolute Gasteiger partial charge is 0.178 e. The molecule has 2 rings (SSSR count). The molecular weight excluding hydrogens is 241 g/mol. The van der Waals surface area contributed by atoms with Crippen LogP contribution in [0.25, 0.3) is 0 Å². The van der Waals surface area contributed by atoms with Crippen molar-refractivity contribution in [1.29, 1.82) is 0 Å². The topological polar surface area (TPSA) is 46.2 Å². The van der Waals surface area contributed by atoms with Crippen LogP contribution in [0.2, 0.25) is 0 Å². The van der Waals surface area contributed by atoms with Crippen molar-refractivity contribution in [2.45, 2.75) is 30.2 Å². The lowest BCUT2D eigenvalue weighted by atomic mass is 9.90. The van der Waals surface area contributed by atoms with Crippen LogP contribution in [-0.2, 0) is 15.4 Å². The van der Waals surface area contributed by atoms with E-state index in [1.54, 1.807) is 6.07 Å². The average molecular weight is 257 g/mol. The molecule has 1 atom stereocenters. The van der Waals surface area contributed by atoms with Crippen LogP contribution < -0.4 is 5.32 Å². The van der Waals surface area contributed by atoms with Gasteiger partial charge < -0.3 is 5.32 Å². The zero-order valence-electron chi connectivity index (χ0n) is 9.96. The van der Waals surface area contributed by atoms with Gasteiger partial charge >= 0.3 is 0 Å². The molecule has 1 aromatic carbocycles. The molecule has 0 spiro atoms. The van der Waals surface area contributed by atoms with Gasteiger partial charge in [0.25, 0.3) is 0 Å². The van der Waals surface area contributed by atoms with Crippen LogP contribution in [0.1, 0.15) is 25.3 Å². The third kappa shape index (κ3) is 2.35. The van der Waals surface area contributed by atoms with E-state index < -0.39 is 15.7 Å². The van der Waals surface area contributed by atoms with Gasteiger partial charge in [-0.2, -0.15) is 0 Å². The van der Waals surface area contributed by atoms with Gasteiger partial charge in [-0.25, -0.2) is 12.8 Å². The first-order valence-corrected chi connectivity index (χ1v) is 7.47. The Labute approximate surface area is 101 Å². The molecule has 0 amide bonds. The number of sulfone groups is 1. The van der Waals surface area contributed by atoms with E-state index in [9.17, 15) is 12.8 Å². The first kappa shape index (κ1) is 12.5. The zero-order chi connectivity index (χ0) is 12.7. The molecule has 0 aromatic heterocycles. The number of benzene rings is 1. The largest absolute Gasteiger partial charge is 0.308 e. The molecule has 0 bridgehead atoms. The standard InChI is InChI=1S/C12H16FNO2S/c1-12(6-3-7-14-12)9-4-5-11(10(13)8-9)17(2,15)16/h4-5,8,14H,3,6-7H2,1-2H3. The fraction of sp³-hybridized carbons (Fsp3) is 0.500. The summed E-state index contributed by atoms with van der Waals surface area (Å²) in [6, 6.07) is 4.37. The number of nitrogens with one attached hydrogen (secondary N) is 1. The average Bonchev–Trinajstić information content (AvgIpc) is 2.64. The summed E-state index contributed by atoms with van der Waals surface area (Å²) in [5, 5.41) is 3.32. The summed E-state index contributed by atoms with van der Waals surface area (Å²) >= 11 is 0. The van der Waals surface area contributed by atoms with Crippen molar-refractivity contribution in [1.82, 2.24) is 5.32 Å². The van der Waals surface area contributed by atoms with E-state index in [1.165, 1.54) is 12.1 Å². The molecule has 1 aliphatic rings. The molecule has 3 nitrogen and oxygen atoms in total. The van der Waals surface area contributed by atoms with Crippen molar-refractivity contribution in [2.24, 2.45) is 0 Å². The minimum atomic E-state index is -3.49. The number of hydrogen-bond donors (Lipinski definition) is 1. The molecule has 17 heavy (non-hydrogen) atoms. The zero-order valence-corrected chi connectivity index (χ0v) is 10.8. The van der Waals surface area contributed by atoms with E-state index in [0.29, 0.717) is 0 Å². The SMILES string of the molecule is CC1(c2ccc(S(C)(=O)=O)c(F)c2)CCCN1. The van der Waals surface area contributed by atoms with Crippen molar-refractivity contribution in [3.8, 4) is 0 Å². The van der Waals surface area contributed by atoms with Crippen molar-refractivity contribution >= 4 is 9.84 Å². The van der Waals surface area contributed by atoms with Crippen LogP contribution in [0.3, 0.4) is 0 Å². The molecule has 1 heterocycles. The molecule has 94 valence electrons. The first-order chi connectivity index (χ1) is 7.83. The Morgan fingerprint density at radius 1 is 1.41 bits per heavy atom. The Morgan fingerprint density at radius 3 is 2.59 bits per heavy atom. The fourth-order valence-electron chi connectivity index (χ4n) is 2.29. The van der Waals surface area contributed by atoms with Crippen molar-refractivity contribution in [3.63, 3.8) is 0 Å². The normalized spacial score (nSPS) is 25.1. The lowest BCUT2D eigenvalue weighted by Gasteiger charge is -2.25. The Hall–Kier alpha value is -0.940. The van der Waals surface area contributed by atoms with Crippen molar-refractivity contribution in [2.75, 3.05) is 12.8 Å². The van der Waals surface area contributed by atoms with Crippen LogP contribution in [0.4, 0.5) is 4.39 Å². The summed E-state index contributed by atoms with van der Waals surface area (Å²) in [7, 11) is -3.49. The molecule has 1 aromatic rings. The maximum absolute atomic E-state index is 13.8. The maximum atomic E-state index is 13.8. The van der Waals surface area contributed by atoms with Crippen LogP contribution in [0, 0.1) is 5.82 Å². The van der Waals surface area contributed by atoms with E-state index in [2.05, 4.69) is 5.32 Å². The summed E-state index contributed by atoms with van der Waals surface area (Å²) in [6.07, 6.45) is 3.00. The van der Waals surface area contributed by atoms with E-state index in [0.717, 1.165) is 31.2 Å². The maximum Gasteiger partial charge on any atom is 0.178 e. The molecule has 0 radical (unpaired) electrons. The molecule has 1 aliphatic heterocycles. The second kappa shape index (κ2) is 4.07. The number of halogens is 1. The summed E-state index contributed by atoms with van der Waals surface area (Å²) in [5.41, 5.74) is 0.566. The molecule has 1 unspecified atom stereocenters. The lowest BCUT2D eigenvalue weighted by Crippen LogP contribution is -2.33. The second-order valence-corrected chi connectivity index (χ2v) is 6.76. The Kier molecular flexibility index (Phi) is 2.99. The third-order valence-electron chi connectivity index (χ3n) is 3.34. The Morgan fingerprint density at radius 2 is 2.12 bits per heavy atom. The summed E-state index contributed by atoms with van der Waals surface area (Å²) in [6.45, 7) is 2.92. The van der Waals surface area contributed by atoms with Crippen molar-refractivity contribution in [3.05, 3.63) is 29.6 Å². The van der Waals surface area contributed by atoms with Gasteiger partial charge in [0, 0.05) is 11.8 Å². The molecule has 1 saturated heterocycles. The Bertz CT molecular complexity index is 533. The quantitative estimate of drug-likeness (QED) is 0.879. The van der Waals surface area contributed by atoms with Crippen molar-refractivity contribution < 1.29 is 12.8 Å². The fourth-order valence-corrected chi connectivity index (χ4v) is 3.01. The highest BCUT2D eigenvalue weighted by molar-refractivity contribution is 7.90. The van der Waals surface area contributed by atoms with Gasteiger partial charge in [-0.1, -0.05) is 6.07 Å². The van der Waals surface area contributed by atoms with Gasteiger partial charge in [-0.05, 0) is 44.0 Å². The van der Waals surface area contributed by atoms with E-state index in [1.807, 2.05) is 6.92 Å². The van der Waals surface area contributed by atoms with Crippen LogP contribution in [0.5, 0.6) is 0 Å². The summed E-state index contributed by atoms with van der Waals surface area (Å²) < 4.78 is 36.4. The van der Waals surface area contributed by atoms with Gasteiger partial charge in [0.05, 0.1) is 0 Å². The summed E-state index contributed by atoms with van der Waals surface area (Å²) in [5.74, 6) is -0.667. The van der Waals surface area contributed by atoms with E-state index in [-0.39, 0.29) is 10.4 Å². The molecular formula is C12H16FNO2S. The second-order valence-electron chi connectivity index (χ2n) is 4.78. The molecule has 5 heteroatoms. The predicted octanol–water partition coefficient (Wildman–Crippen LogP) is 1.83. The van der Waals surface area contributed by atoms with Gasteiger partial charge in [-0.15, -0.1) is 0 Å². The summed E-state index contributed by atoms with van der Waals surface area (Å²) in [4.78, 5) is -0.233. The van der Waals surface area contributed by atoms with Crippen LogP contribution in [0.15, 0.2) is 23.1 Å². The Balaban J connectivity index is 2.44. The van der Waals surface area contributed by atoms with Gasteiger partial charge in [0.1, 0.15) is 10.7 Å². The van der Waals surface area contributed by atoms with Gasteiger partial charge in [-0.3, -0.25) is 0 Å². The minimum Gasteiger partial charge on any atom is -0.308 e.